The molecular formula is C24H31N3O4S2. The molecule has 2 aromatic carbocycles. The predicted molar refractivity (Wildman–Crippen MR) is 134 cm³/mol. The number of hydrogen-bond acceptors (Lipinski definition) is 5. The summed E-state index contributed by atoms with van der Waals surface area (Å²) in [5, 5.41) is 2.83. The van der Waals surface area contributed by atoms with Crippen molar-refractivity contribution in [1.82, 2.24) is 4.31 Å². The predicted octanol–water partition coefficient (Wildman–Crippen LogP) is 3.68. The number of nitrogens with one attached hydrogen (secondary N) is 1. The molecule has 7 nitrogen and oxygen atoms in total. The summed E-state index contributed by atoms with van der Waals surface area (Å²) in [6.07, 6.45) is 1.50. The number of carbonyl (C=O) groups is 2. The highest BCUT2D eigenvalue weighted by atomic mass is 32.2. The molecule has 33 heavy (non-hydrogen) atoms. The van der Waals surface area contributed by atoms with Gasteiger partial charge in [0.15, 0.2) is 0 Å². The minimum absolute atomic E-state index is 0.0802. The van der Waals surface area contributed by atoms with Crippen LogP contribution in [0.3, 0.4) is 0 Å². The fraction of sp³-hybridized carbons (Fsp3) is 0.417. The van der Waals surface area contributed by atoms with Gasteiger partial charge in [-0.25, -0.2) is 8.42 Å². The van der Waals surface area contributed by atoms with E-state index in [2.05, 4.69) is 5.32 Å². The topological polar surface area (TPSA) is 86.8 Å². The van der Waals surface area contributed by atoms with Crippen LogP contribution in [0.15, 0.2) is 47.4 Å². The molecule has 0 fully saturated rings. The Labute approximate surface area is 200 Å². The summed E-state index contributed by atoms with van der Waals surface area (Å²) in [7, 11) is -3.54. The highest BCUT2D eigenvalue weighted by Crippen LogP contribution is 2.31. The average molecular weight is 490 g/mol. The van der Waals surface area contributed by atoms with Crippen molar-refractivity contribution in [2.24, 2.45) is 0 Å². The second-order valence-electron chi connectivity index (χ2n) is 7.94. The maximum Gasteiger partial charge on any atom is 0.243 e. The first-order valence-corrected chi connectivity index (χ1v) is 13.7. The quantitative estimate of drug-likeness (QED) is 0.581. The highest BCUT2D eigenvalue weighted by molar-refractivity contribution is 8.00. The van der Waals surface area contributed by atoms with Crippen LogP contribution in [0.25, 0.3) is 0 Å². The maximum atomic E-state index is 12.9. The van der Waals surface area contributed by atoms with Crippen molar-refractivity contribution in [3.8, 4) is 0 Å². The van der Waals surface area contributed by atoms with E-state index in [1.165, 1.54) is 16.1 Å². The summed E-state index contributed by atoms with van der Waals surface area (Å²) in [4.78, 5) is 27.0. The van der Waals surface area contributed by atoms with Gasteiger partial charge in [-0.1, -0.05) is 31.5 Å². The molecule has 0 atom stereocenters. The van der Waals surface area contributed by atoms with Crippen LogP contribution in [0.5, 0.6) is 0 Å². The normalized spacial score (nSPS) is 13.6. The van der Waals surface area contributed by atoms with Crippen LogP contribution in [-0.4, -0.2) is 55.7 Å². The van der Waals surface area contributed by atoms with Gasteiger partial charge in [-0.05, 0) is 55.7 Å². The smallest absolute Gasteiger partial charge is 0.243 e. The molecule has 178 valence electrons. The molecule has 0 spiro atoms. The van der Waals surface area contributed by atoms with Crippen molar-refractivity contribution in [2.45, 2.75) is 38.5 Å². The lowest BCUT2D eigenvalue weighted by Gasteiger charge is -2.30. The van der Waals surface area contributed by atoms with Crippen LogP contribution in [0.2, 0.25) is 0 Å². The van der Waals surface area contributed by atoms with E-state index in [1.807, 2.05) is 45.0 Å². The Kier molecular flexibility index (Phi) is 8.56. The molecular weight excluding hydrogens is 458 g/mol. The van der Waals surface area contributed by atoms with E-state index in [9.17, 15) is 18.0 Å². The number of amides is 2. The van der Waals surface area contributed by atoms with Crippen LogP contribution >= 0.6 is 11.8 Å². The van der Waals surface area contributed by atoms with Gasteiger partial charge in [0.1, 0.15) is 0 Å². The average Bonchev–Trinajstić information content (AvgIpc) is 2.80. The third kappa shape index (κ3) is 6.16. The third-order valence-corrected chi connectivity index (χ3v) is 8.57. The van der Waals surface area contributed by atoms with E-state index < -0.39 is 10.0 Å². The van der Waals surface area contributed by atoms with Gasteiger partial charge in [-0.3, -0.25) is 9.59 Å². The van der Waals surface area contributed by atoms with Crippen LogP contribution in [0.4, 0.5) is 11.4 Å². The Hall–Kier alpha value is -2.36. The van der Waals surface area contributed by atoms with E-state index in [-0.39, 0.29) is 28.2 Å². The molecule has 0 bridgehead atoms. The van der Waals surface area contributed by atoms with E-state index in [1.54, 1.807) is 23.1 Å². The molecule has 0 saturated heterocycles. The Morgan fingerprint density at radius 3 is 2.42 bits per heavy atom. The van der Waals surface area contributed by atoms with Gasteiger partial charge >= 0.3 is 0 Å². The lowest BCUT2D eigenvalue weighted by molar-refractivity contribution is -0.116. The number of anilines is 2. The molecule has 0 aromatic heterocycles. The fourth-order valence-electron chi connectivity index (χ4n) is 3.85. The molecule has 9 heteroatoms. The van der Waals surface area contributed by atoms with Gasteiger partial charge < -0.3 is 10.2 Å². The standard InChI is InChI=1S/C24H31N3O4S2/c1-4-26(5-2)33(30,31)21-12-13-22-19(15-21)7-6-14-27(22)24(29)17-32-16-23(28)25-20-10-8-18(3)9-11-20/h8-13,15H,4-7,14,16-17H2,1-3H3,(H,25,28). The monoisotopic (exact) mass is 489 g/mol. The van der Waals surface area contributed by atoms with Crippen molar-refractivity contribution in [1.29, 1.82) is 0 Å². The molecule has 1 N–H and O–H groups in total. The second kappa shape index (κ2) is 11.2. The van der Waals surface area contributed by atoms with Crippen LogP contribution in [-0.2, 0) is 26.0 Å². The molecule has 3 rings (SSSR count). The Morgan fingerprint density at radius 2 is 1.76 bits per heavy atom. The van der Waals surface area contributed by atoms with Crippen molar-refractivity contribution < 1.29 is 18.0 Å². The summed E-state index contributed by atoms with van der Waals surface area (Å²) >= 11 is 1.27. The largest absolute Gasteiger partial charge is 0.325 e. The van der Waals surface area contributed by atoms with Gasteiger partial charge in [0.25, 0.3) is 0 Å². The number of sulfonamides is 1. The van der Waals surface area contributed by atoms with E-state index in [4.69, 9.17) is 0 Å². The number of fused-ring (bicyclic) bond motifs is 1. The van der Waals surface area contributed by atoms with Gasteiger partial charge in [0.2, 0.25) is 21.8 Å². The summed E-state index contributed by atoms with van der Waals surface area (Å²) in [5.74, 6) is 0.132. The Morgan fingerprint density at radius 1 is 1.06 bits per heavy atom. The van der Waals surface area contributed by atoms with Gasteiger partial charge in [-0.2, -0.15) is 4.31 Å². The van der Waals surface area contributed by atoms with Gasteiger partial charge in [0, 0.05) is 31.0 Å². The fourth-order valence-corrected chi connectivity index (χ4v) is 6.05. The van der Waals surface area contributed by atoms with Crippen LogP contribution < -0.4 is 10.2 Å². The van der Waals surface area contributed by atoms with E-state index in [0.717, 1.165) is 35.3 Å². The molecule has 0 saturated carbocycles. The molecule has 2 amide bonds. The van der Waals surface area contributed by atoms with Crippen molar-refractivity contribution in [3.63, 3.8) is 0 Å². The van der Waals surface area contributed by atoms with Crippen molar-refractivity contribution in [3.05, 3.63) is 53.6 Å². The number of rotatable bonds is 9. The van der Waals surface area contributed by atoms with Gasteiger partial charge in [-0.15, -0.1) is 11.8 Å². The number of aryl methyl sites for hydroxylation is 2. The molecule has 0 aliphatic carbocycles. The Balaban J connectivity index is 1.61. The van der Waals surface area contributed by atoms with E-state index in [0.29, 0.717) is 19.6 Å². The van der Waals surface area contributed by atoms with Crippen molar-refractivity contribution >= 4 is 45.0 Å². The van der Waals surface area contributed by atoms with Gasteiger partial charge in [0.05, 0.1) is 16.4 Å². The first-order valence-electron chi connectivity index (χ1n) is 11.1. The molecule has 2 aromatic rings. The van der Waals surface area contributed by atoms with Crippen LogP contribution in [0, 0.1) is 6.92 Å². The minimum Gasteiger partial charge on any atom is -0.325 e. The highest BCUT2D eigenvalue weighted by Gasteiger charge is 2.27. The summed E-state index contributed by atoms with van der Waals surface area (Å²) in [6, 6.07) is 12.6. The summed E-state index contributed by atoms with van der Waals surface area (Å²) in [6.45, 7) is 7.03. The minimum atomic E-state index is -3.54. The Bertz CT molecular complexity index is 1100. The molecule has 1 heterocycles. The van der Waals surface area contributed by atoms with E-state index >= 15 is 0 Å². The molecule has 0 radical (unpaired) electrons. The number of thioether (sulfide) groups is 1. The third-order valence-electron chi connectivity index (χ3n) is 5.61. The van der Waals surface area contributed by atoms with Crippen molar-refractivity contribution in [2.75, 3.05) is 41.4 Å². The first kappa shape index (κ1) is 25.3. The number of nitrogens with zero attached hydrogens (tertiary/aromatic N) is 2. The second-order valence-corrected chi connectivity index (χ2v) is 10.9. The number of carbonyl (C=O) groups excluding carboxylic acids is 2. The summed E-state index contributed by atoms with van der Waals surface area (Å²) in [5.41, 5.74) is 3.48. The molecule has 1 aliphatic heterocycles. The first-order chi connectivity index (χ1) is 15.8. The maximum absolute atomic E-state index is 12.9. The zero-order valence-corrected chi connectivity index (χ0v) is 21.0. The van der Waals surface area contributed by atoms with Crippen LogP contribution in [0.1, 0.15) is 31.4 Å². The number of benzene rings is 2. The summed E-state index contributed by atoms with van der Waals surface area (Å²) < 4.78 is 27.1. The lowest BCUT2D eigenvalue weighted by Crippen LogP contribution is -2.37. The number of hydrogen-bond donors (Lipinski definition) is 1. The SMILES string of the molecule is CCN(CC)S(=O)(=O)c1ccc2c(c1)CCCN2C(=O)CSCC(=O)Nc1ccc(C)cc1. The zero-order chi connectivity index (χ0) is 24.0. The molecule has 0 unspecified atom stereocenters. The zero-order valence-electron chi connectivity index (χ0n) is 19.3. The molecule has 1 aliphatic rings. The lowest BCUT2D eigenvalue weighted by atomic mass is 10.0.